The fraction of sp³-hybridized carbons (Fsp3) is 0.250. The largest absolute Gasteiger partial charge is 0.493 e. The van der Waals surface area contributed by atoms with Gasteiger partial charge in [0, 0.05) is 12.1 Å². The number of nitrogens with one attached hydrogen (secondary N) is 2. The van der Waals surface area contributed by atoms with Gasteiger partial charge in [0.2, 0.25) is 5.95 Å². The first-order chi connectivity index (χ1) is 13.0. The number of halogens is 1. The van der Waals surface area contributed by atoms with Crippen molar-refractivity contribution in [2.45, 2.75) is 20.3 Å². The van der Waals surface area contributed by atoms with Crippen molar-refractivity contribution < 1.29 is 9.13 Å². The van der Waals surface area contributed by atoms with E-state index in [1.165, 1.54) is 12.1 Å². The van der Waals surface area contributed by atoms with Crippen molar-refractivity contribution >= 4 is 11.6 Å². The van der Waals surface area contributed by atoms with Crippen LogP contribution in [-0.2, 0) is 6.42 Å². The molecule has 0 saturated heterocycles. The maximum absolute atomic E-state index is 13.0. The van der Waals surface area contributed by atoms with E-state index in [2.05, 4.69) is 34.3 Å². The molecular weight excluding hydrogens is 347 g/mol. The minimum absolute atomic E-state index is 0.249. The Bertz CT molecular complexity index is 937. The van der Waals surface area contributed by atoms with Gasteiger partial charge in [-0.3, -0.25) is 9.78 Å². The van der Waals surface area contributed by atoms with E-state index < -0.39 is 0 Å². The number of ether oxygens (including phenoxy) is 1. The van der Waals surface area contributed by atoms with E-state index in [0.29, 0.717) is 12.5 Å². The highest BCUT2D eigenvalue weighted by Crippen LogP contribution is 2.18. The molecule has 0 fully saturated rings. The molecule has 1 aromatic heterocycles. The molecule has 0 unspecified atom stereocenters. The van der Waals surface area contributed by atoms with Crippen molar-refractivity contribution in [3.05, 3.63) is 76.0 Å². The molecule has 0 amide bonds. The summed E-state index contributed by atoms with van der Waals surface area (Å²) in [5.41, 5.74) is 1.47. The quantitative estimate of drug-likeness (QED) is 0.665. The third-order valence-corrected chi connectivity index (χ3v) is 3.75. The number of hydrogen-bond donors (Lipinski definition) is 2. The Labute approximate surface area is 156 Å². The smallest absolute Gasteiger partial charge is 0.274 e. The highest BCUT2D eigenvalue weighted by molar-refractivity contribution is 5.54. The Morgan fingerprint density at radius 1 is 1.07 bits per heavy atom. The lowest BCUT2D eigenvalue weighted by atomic mass is 10.1. The zero-order valence-electron chi connectivity index (χ0n) is 15.2. The number of benzene rings is 2. The summed E-state index contributed by atoms with van der Waals surface area (Å²) >= 11 is 0. The molecule has 0 spiro atoms. The Morgan fingerprint density at radius 2 is 1.78 bits per heavy atom. The molecule has 0 aliphatic carbocycles. The van der Waals surface area contributed by atoms with Crippen molar-refractivity contribution in [2.75, 3.05) is 11.9 Å². The first-order valence-electron chi connectivity index (χ1n) is 8.70. The lowest BCUT2D eigenvalue weighted by molar-refractivity contribution is 0.271. The number of H-pyrrole nitrogens is 1. The molecule has 7 heteroatoms. The van der Waals surface area contributed by atoms with Crippen molar-refractivity contribution in [2.24, 2.45) is 5.92 Å². The zero-order chi connectivity index (χ0) is 19.2. The maximum Gasteiger partial charge on any atom is 0.274 e. The molecule has 3 rings (SSSR count). The molecule has 3 aromatic rings. The fourth-order valence-electron chi connectivity index (χ4n) is 2.36. The van der Waals surface area contributed by atoms with E-state index >= 15 is 0 Å². The second-order valence-corrected chi connectivity index (χ2v) is 6.61. The SMILES string of the molecule is CC(C)COc1ccc(Nc2nnc(Cc3ccc(F)cc3)c(=O)[nH]2)cc1. The van der Waals surface area contributed by atoms with Crippen LogP contribution in [0.1, 0.15) is 25.1 Å². The van der Waals surface area contributed by atoms with E-state index in [4.69, 9.17) is 4.74 Å². The molecule has 27 heavy (non-hydrogen) atoms. The predicted octanol–water partition coefficient (Wildman–Crippen LogP) is 3.67. The monoisotopic (exact) mass is 368 g/mol. The highest BCUT2D eigenvalue weighted by Gasteiger charge is 2.07. The second kappa shape index (κ2) is 8.44. The number of nitrogens with zero attached hydrogens (tertiary/aromatic N) is 2. The van der Waals surface area contributed by atoms with Crippen molar-refractivity contribution in [3.63, 3.8) is 0 Å². The number of aromatic nitrogens is 3. The second-order valence-electron chi connectivity index (χ2n) is 6.61. The molecule has 6 nitrogen and oxygen atoms in total. The average Bonchev–Trinajstić information content (AvgIpc) is 2.65. The molecule has 0 bridgehead atoms. The van der Waals surface area contributed by atoms with Crippen LogP contribution in [0.4, 0.5) is 16.0 Å². The van der Waals surface area contributed by atoms with E-state index in [9.17, 15) is 9.18 Å². The summed E-state index contributed by atoms with van der Waals surface area (Å²) in [6.07, 6.45) is 0.283. The summed E-state index contributed by atoms with van der Waals surface area (Å²) in [7, 11) is 0. The molecule has 1 heterocycles. The molecule has 0 radical (unpaired) electrons. The molecule has 2 N–H and O–H groups in total. The summed E-state index contributed by atoms with van der Waals surface area (Å²) in [5, 5.41) is 11.0. The molecule has 140 valence electrons. The van der Waals surface area contributed by atoms with E-state index in [1.807, 2.05) is 24.3 Å². The van der Waals surface area contributed by atoms with Gasteiger partial charge in [-0.15, -0.1) is 10.2 Å². The topological polar surface area (TPSA) is 79.9 Å². The van der Waals surface area contributed by atoms with Crippen LogP contribution in [0.25, 0.3) is 0 Å². The van der Waals surface area contributed by atoms with Crippen LogP contribution >= 0.6 is 0 Å². The number of hydrogen-bond acceptors (Lipinski definition) is 5. The maximum atomic E-state index is 13.0. The molecule has 0 saturated carbocycles. The van der Waals surface area contributed by atoms with Crippen molar-refractivity contribution in [3.8, 4) is 5.75 Å². The summed E-state index contributed by atoms with van der Waals surface area (Å²) in [6.45, 7) is 4.83. The van der Waals surface area contributed by atoms with Gasteiger partial charge >= 0.3 is 0 Å². The van der Waals surface area contributed by atoms with Gasteiger partial charge in [0.05, 0.1) is 6.61 Å². The Hall–Kier alpha value is -3.22. The number of aromatic amines is 1. The van der Waals surface area contributed by atoms with Crippen LogP contribution in [0.5, 0.6) is 5.75 Å². The van der Waals surface area contributed by atoms with Gasteiger partial charge in [0.15, 0.2) is 0 Å². The molecule has 0 atom stereocenters. The van der Waals surface area contributed by atoms with Gasteiger partial charge in [-0.25, -0.2) is 4.39 Å². The first-order valence-corrected chi connectivity index (χ1v) is 8.70. The Balaban J connectivity index is 1.65. The lowest BCUT2D eigenvalue weighted by Crippen LogP contribution is -2.18. The van der Waals surface area contributed by atoms with Gasteiger partial charge in [0.1, 0.15) is 17.3 Å². The van der Waals surface area contributed by atoms with Crippen LogP contribution < -0.4 is 15.6 Å². The fourth-order valence-corrected chi connectivity index (χ4v) is 2.36. The number of anilines is 2. The number of rotatable bonds is 7. The Kier molecular flexibility index (Phi) is 5.80. The Morgan fingerprint density at radius 3 is 2.41 bits per heavy atom. The highest BCUT2D eigenvalue weighted by atomic mass is 19.1. The third-order valence-electron chi connectivity index (χ3n) is 3.75. The van der Waals surface area contributed by atoms with Crippen LogP contribution in [0, 0.1) is 11.7 Å². The van der Waals surface area contributed by atoms with Gasteiger partial charge in [-0.2, -0.15) is 0 Å². The lowest BCUT2D eigenvalue weighted by Gasteiger charge is -2.10. The normalized spacial score (nSPS) is 10.8. The summed E-state index contributed by atoms with van der Waals surface area (Å²) in [4.78, 5) is 14.9. The van der Waals surface area contributed by atoms with E-state index in [-0.39, 0.29) is 29.4 Å². The van der Waals surface area contributed by atoms with Crippen LogP contribution in [0.2, 0.25) is 0 Å². The zero-order valence-corrected chi connectivity index (χ0v) is 15.2. The van der Waals surface area contributed by atoms with Crippen LogP contribution in [-0.4, -0.2) is 21.8 Å². The average molecular weight is 368 g/mol. The molecular formula is C20H21FN4O2. The molecule has 0 aliphatic rings. The van der Waals surface area contributed by atoms with Crippen LogP contribution in [0.3, 0.4) is 0 Å². The summed E-state index contributed by atoms with van der Waals surface area (Å²) in [5.74, 6) is 1.16. The van der Waals surface area contributed by atoms with Gasteiger partial charge in [-0.1, -0.05) is 26.0 Å². The summed E-state index contributed by atoms with van der Waals surface area (Å²) in [6, 6.07) is 13.3. The van der Waals surface area contributed by atoms with Crippen LogP contribution in [0.15, 0.2) is 53.3 Å². The standard InChI is InChI=1S/C20H21FN4O2/c1-13(2)12-27-17-9-7-16(8-10-17)22-20-23-19(26)18(24-25-20)11-14-3-5-15(21)6-4-14/h3-10,13H,11-12H2,1-2H3,(H2,22,23,25,26). The predicted molar refractivity (Wildman–Crippen MR) is 102 cm³/mol. The minimum atomic E-state index is -0.339. The van der Waals surface area contributed by atoms with Crippen molar-refractivity contribution in [1.29, 1.82) is 0 Å². The van der Waals surface area contributed by atoms with Gasteiger partial charge in [-0.05, 0) is 47.9 Å². The summed E-state index contributed by atoms with van der Waals surface area (Å²) < 4.78 is 18.6. The molecule has 2 aromatic carbocycles. The first kappa shape index (κ1) is 18.6. The molecule has 0 aliphatic heterocycles. The van der Waals surface area contributed by atoms with E-state index in [0.717, 1.165) is 17.0 Å². The van der Waals surface area contributed by atoms with E-state index in [1.54, 1.807) is 12.1 Å². The third kappa shape index (κ3) is 5.37. The van der Waals surface area contributed by atoms with Gasteiger partial charge < -0.3 is 10.1 Å². The van der Waals surface area contributed by atoms with Crippen molar-refractivity contribution in [1.82, 2.24) is 15.2 Å². The minimum Gasteiger partial charge on any atom is -0.493 e. The van der Waals surface area contributed by atoms with Gasteiger partial charge in [0.25, 0.3) is 5.56 Å².